The van der Waals surface area contributed by atoms with Gasteiger partial charge < -0.3 is 20.4 Å². The Morgan fingerprint density at radius 2 is 1.36 bits per heavy atom. The number of hydrogen-bond donors (Lipinski definition) is 0. The normalized spacial score (nSPS) is 5.43. The van der Waals surface area contributed by atoms with Crippen LogP contribution in [-0.4, -0.2) is 20.1 Å². The zero-order chi connectivity index (χ0) is 11.7. The van der Waals surface area contributed by atoms with E-state index in [1.807, 2.05) is 6.92 Å². The van der Waals surface area contributed by atoms with Gasteiger partial charge in [-0.05, 0) is 0 Å². The van der Waals surface area contributed by atoms with Gasteiger partial charge in [-0.1, -0.05) is 6.92 Å². The quantitative estimate of drug-likeness (QED) is 0.421. The summed E-state index contributed by atoms with van der Waals surface area (Å²) in [7, 11) is 0. The van der Waals surface area contributed by atoms with Crippen LogP contribution in [0.2, 0.25) is 0 Å². The minimum atomic E-state index is 0. The summed E-state index contributed by atoms with van der Waals surface area (Å²) in [6.07, 6.45) is 0.990. The maximum atomic E-state index is 7.75. The van der Waals surface area contributed by atoms with Crippen molar-refractivity contribution in [2.75, 3.05) is 6.54 Å². The summed E-state index contributed by atoms with van der Waals surface area (Å²) < 4.78 is 0. The monoisotopic (exact) mass is 286 g/mol. The summed E-state index contributed by atoms with van der Waals surface area (Å²) in [5.74, 6) is 1.42. The predicted molar refractivity (Wildman–Crippen MR) is 55.5 cm³/mol. The molecular formula is C10H18NO2Ru+. The molecular weight excluding hydrogens is 267 g/mol. The fourth-order valence-corrected chi connectivity index (χ4v) is 0.112. The van der Waals surface area contributed by atoms with Crippen molar-refractivity contribution in [3.63, 3.8) is 0 Å². The van der Waals surface area contributed by atoms with Gasteiger partial charge in [-0.25, -0.2) is 6.57 Å². The van der Waals surface area contributed by atoms with Gasteiger partial charge in [-0.2, -0.15) is 20.8 Å². The molecule has 0 aromatic carbocycles. The first-order valence-electron chi connectivity index (χ1n) is 3.72. The second-order valence-corrected chi connectivity index (χ2v) is 2.38. The molecule has 0 saturated carbocycles. The van der Waals surface area contributed by atoms with Crippen molar-refractivity contribution >= 4 is 13.6 Å². The summed E-state index contributed by atoms with van der Waals surface area (Å²) in [6, 6.07) is 0. The maximum Gasteiger partial charge on any atom is 4.00 e. The molecule has 0 spiro atoms. The Bertz CT molecular complexity index is 98.0. The zero-order valence-corrected chi connectivity index (χ0v) is 10.9. The Morgan fingerprint density at radius 3 is 1.36 bits per heavy atom. The first-order chi connectivity index (χ1) is 6.15. The maximum absolute atomic E-state index is 7.75. The molecule has 0 heterocycles. The molecule has 0 aliphatic carbocycles. The van der Waals surface area contributed by atoms with E-state index >= 15 is 0 Å². The van der Waals surface area contributed by atoms with Crippen LogP contribution in [-0.2, 0) is 29.1 Å². The van der Waals surface area contributed by atoms with E-state index in [0.717, 1.165) is 6.42 Å². The molecule has 0 bridgehead atoms. The molecule has 0 rings (SSSR count). The van der Waals surface area contributed by atoms with E-state index in [0.29, 0.717) is 6.54 Å². The number of rotatable bonds is 1. The van der Waals surface area contributed by atoms with Crippen LogP contribution in [0.1, 0.15) is 34.1 Å². The van der Waals surface area contributed by atoms with Crippen LogP contribution in [0.5, 0.6) is 0 Å². The molecule has 0 amide bonds. The van der Waals surface area contributed by atoms with Gasteiger partial charge in [0.1, 0.15) is 0 Å². The average molecular weight is 285 g/mol. The van der Waals surface area contributed by atoms with Gasteiger partial charge in [-0.3, -0.25) is 13.6 Å². The standard InChI is InChI=1S/C4H7N.C4H9.2CHO.Ru/c1-3-4-5-2;1-4(2)3;2*1-2;/h3-4H2,1H3;1-3H3;2*1H;/q;3*-1;+4. The van der Waals surface area contributed by atoms with Crippen molar-refractivity contribution in [3.8, 4) is 0 Å². The third-order valence-electron chi connectivity index (χ3n) is 0.335. The molecule has 0 radical (unpaired) electrons. The third kappa shape index (κ3) is 593. The molecule has 0 N–H and O–H groups in total. The van der Waals surface area contributed by atoms with Crippen LogP contribution in [0, 0.1) is 12.5 Å². The van der Waals surface area contributed by atoms with Crippen molar-refractivity contribution in [2.45, 2.75) is 34.1 Å². The molecule has 0 aromatic heterocycles. The Labute approximate surface area is 101 Å². The van der Waals surface area contributed by atoms with E-state index < -0.39 is 0 Å². The van der Waals surface area contributed by atoms with Gasteiger partial charge in [0.2, 0.25) is 6.54 Å². The minimum Gasteiger partial charge on any atom is -0.545 e. The molecule has 0 aromatic rings. The fourth-order valence-electron chi connectivity index (χ4n) is 0.112. The van der Waals surface area contributed by atoms with Gasteiger partial charge in [0, 0.05) is 6.42 Å². The second-order valence-electron chi connectivity index (χ2n) is 2.38. The van der Waals surface area contributed by atoms with Gasteiger partial charge in [0.15, 0.2) is 0 Å². The second kappa shape index (κ2) is 54.9. The fraction of sp³-hybridized carbons (Fsp3) is 0.600. The first-order valence-corrected chi connectivity index (χ1v) is 3.72. The number of nitrogens with zero attached hydrogens (tertiary/aromatic N) is 1. The smallest absolute Gasteiger partial charge is 0.545 e. The molecule has 3 nitrogen and oxygen atoms in total. The van der Waals surface area contributed by atoms with Crippen LogP contribution in [0.3, 0.4) is 0 Å². The SMILES string of the molecule is C[C-](C)C.[C-]#[N+]CCC.[CH-]=O.[CH-]=O.[Ru+4]. The Kier molecular flexibility index (Phi) is 115. The summed E-state index contributed by atoms with van der Waals surface area (Å²) in [5.41, 5.74) is 0. The Balaban J connectivity index is -0.0000000273. The predicted octanol–water partition coefficient (Wildman–Crippen LogP) is 2.39. The van der Waals surface area contributed by atoms with Gasteiger partial charge in [-0.15, -0.1) is 0 Å². The van der Waals surface area contributed by atoms with E-state index in [1.165, 1.54) is 5.92 Å². The number of carbonyl (C=O) groups excluding carboxylic acids is 2. The van der Waals surface area contributed by atoms with Crippen molar-refractivity contribution in [2.24, 2.45) is 0 Å². The minimum absolute atomic E-state index is 0. The van der Waals surface area contributed by atoms with Crippen LogP contribution in [0.4, 0.5) is 0 Å². The van der Waals surface area contributed by atoms with E-state index in [4.69, 9.17) is 16.2 Å². The molecule has 14 heavy (non-hydrogen) atoms. The molecule has 0 unspecified atom stereocenters. The van der Waals surface area contributed by atoms with Crippen LogP contribution < -0.4 is 0 Å². The first kappa shape index (κ1) is 29.2. The van der Waals surface area contributed by atoms with Gasteiger partial charge in [0.25, 0.3) is 0 Å². The average Bonchev–Trinajstić information content (AvgIpc) is 2.12. The van der Waals surface area contributed by atoms with Crippen molar-refractivity contribution < 1.29 is 29.1 Å². The number of hydrogen-bond acceptors (Lipinski definition) is 2. The van der Waals surface area contributed by atoms with Crippen molar-refractivity contribution in [3.05, 3.63) is 17.3 Å². The van der Waals surface area contributed by atoms with Crippen LogP contribution in [0.25, 0.3) is 4.85 Å². The molecule has 0 saturated heterocycles. The zero-order valence-electron chi connectivity index (χ0n) is 9.19. The summed E-state index contributed by atoms with van der Waals surface area (Å²) >= 11 is 0. The van der Waals surface area contributed by atoms with Gasteiger partial charge in [0.05, 0.1) is 0 Å². The summed E-state index contributed by atoms with van der Waals surface area (Å²) in [6.45, 7) is 21.7. The molecule has 82 valence electrons. The van der Waals surface area contributed by atoms with E-state index in [9.17, 15) is 0 Å². The van der Waals surface area contributed by atoms with E-state index in [-0.39, 0.29) is 19.5 Å². The molecule has 4 heteroatoms. The van der Waals surface area contributed by atoms with Gasteiger partial charge >= 0.3 is 19.5 Å². The van der Waals surface area contributed by atoms with E-state index in [1.54, 1.807) is 0 Å². The largest absolute Gasteiger partial charge is 4.00 e. The molecule has 0 fully saturated rings. The summed E-state index contributed by atoms with van der Waals surface area (Å²) in [4.78, 5) is 18.6. The van der Waals surface area contributed by atoms with Crippen molar-refractivity contribution in [1.29, 1.82) is 0 Å². The Morgan fingerprint density at radius 1 is 1.14 bits per heavy atom. The Hall–Kier alpha value is -0.547. The molecule has 0 aliphatic heterocycles. The molecule has 0 atom stereocenters. The summed E-state index contributed by atoms with van der Waals surface area (Å²) in [5, 5.41) is 0. The topological polar surface area (TPSA) is 38.5 Å². The van der Waals surface area contributed by atoms with E-state index in [2.05, 4.69) is 39.2 Å². The van der Waals surface area contributed by atoms with Crippen molar-refractivity contribution in [1.82, 2.24) is 0 Å². The van der Waals surface area contributed by atoms with Crippen LogP contribution in [0.15, 0.2) is 0 Å². The third-order valence-corrected chi connectivity index (χ3v) is 0.335. The van der Waals surface area contributed by atoms with Crippen LogP contribution >= 0.6 is 0 Å². The molecule has 0 aliphatic rings.